The molecular weight excluding hydrogens is 887 g/mol. The van der Waals surface area contributed by atoms with Crippen molar-refractivity contribution in [1.82, 2.24) is 0 Å². The molecule has 10 aromatic carbocycles. The Morgan fingerprint density at radius 3 is 1.58 bits per heavy atom. The molecular formula is C70H53NO2. The van der Waals surface area contributed by atoms with Crippen LogP contribution in [0.2, 0.25) is 0 Å². The first-order chi connectivity index (χ1) is 35.4. The fraction of sp³-hybridized carbons (Fsp3) is 0.143. The number of para-hydroxylation sites is 2. The molecule has 3 heteroatoms. The van der Waals surface area contributed by atoms with E-state index in [-0.39, 0.29) is 16.2 Å². The highest BCUT2D eigenvalue weighted by molar-refractivity contribution is 6.21. The van der Waals surface area contributed by atoms with Crippen LogP contribution in [0, 0.1) is 6.92 Å². The van der Waals surface area contributed by atoms with Crippen LogP contribution < -0.4 is 4.90 Å². The summed E-state index contributed by atoms with van der Waals surface area (Å²) in [7, 11) is 0. The summed E-state index contributed by atoms with van der Waals surface area (Å²) in [5.41, 5.74) is 27.9. The van der Waals surface area contributed by atoms with Crippen molar-refractivity contribution >= 4 is 60.9 Å². The van der Waals surface area contributed by atoms with Crippen LogP contribution >= 0.6 is 0 Å². The second-order valence-electron chi connectivity index (χ2n) is 22.4. The van der Waals surface area contributed by atoms with Gasteiger partial charge in [-0.25, -0.2) is 0 Å². The second-order valence-corrected chi connectivity index (χ2v) is 22.4. The minimum Gasteiger partial charge on any atom is -0.455 e. The maximum Gasteiger partial charge on any atom is 0.144 e. The Kier molecular flexibility index (Phi) is 8.47. The van der Waals surface area contributed by atoms with E-state index in [1.807, 2.05) is 0 Å². The highest BCUT2D eigenvalue weighted by Crippen LogP contribution is 2.64. The number of rotatable bonds is 5. The van der Waals surface area contributed by atoms with Gasteiger partial charge in [-0.2, -0.15) is 0 Å². The monoisotopic (exact) mass is 939 g/mol. The lowest BCUT2D eigenvalue weighted by molar-refractivity contribution is 0.600. The summed E-state index contributed by atoms with van der Waals surface area (Å²) in [6.07, 6.45) is 0. The van der Waals surface area contributed by atoms with Gasteiger partial charge in [0.2, 0.25) is 0 Å². The lowest BCUT2D eigenvalue weighted by atomic mass is 9.72. The zero-order chi connectivity index (χ0) is 49.3. The lowest BCUT2D eigenvalue weighted by Crippen LogP contribution is -2.24. The molecule has 0 radical (unpaired) electrons. The molecule has 12 aromatic rings. The maximum atomic E-state index is 7.02. The smallest absolute Gasteiger partial charge is 0.144 e. The van der Waals surface area contributed by atoms with E-state index in [1.165, 1.54) is 105 Å². The van der Waals surface area contributed by atoms with E-state index >= 15 is 0 Å². The Labute approximate surface area is 426 Å². The number of benzene rings is 10. The van der Waals surface area contributed by atoms with Crippen LogP contribution in [0.3, 0.4) is 0 Å². The number of hydrogen-bond donors (Lipinski definition) is 0. The molecule has 2 aromatic heterocycles. The second kappa shape index (κ2) is 14.6. The Balaban J connectivity index is 0.964. The van der Waals surface area contributed by atoms with Crippen LogP contribution in [0.25, 0.3) is 99.5 Å². The van der Waals surface area contributed by atoms with E-state index in [4.69, 9.17) is 8.83 Å². The van der Waals surface area contributed by atoms with Gasteiger partial charge in [-0.15, -0.1) is 0 Å². The van der Waals surface area contributed by atoms with E-state index in [1.54, 1.807) is 0 Å². The summed E-state index contributed by atoms with van der Waals surface area (Å²) in [4.78, 5) is 2.50. The molecule has 3 nitrogen and oxygen atoms in total. The zero-order valence-electron chi connectivity index (χ0n) is 42.2. The lowest BCUT2D eigenvalue weighted by Gasteiger charge is -2.32. The van der Waals surface area contributed by atoms with Crippen molar-refractivity contribution in [3.05, 3.63) is 233 Å². The van der Waals surface area contributed by atoms with E-state index in [9.17, 15) is 0 Å². The van der Waals surface area contributed by atoms with E-state index < -0.39 is 0 Å². The number of nitrogens with zero attached hydrogens (tertiary/aromatic N) is 1. The summed E-state index contributed by atoms with van der Waals surface area (Å²) in [6.45, 7) is 16.8. The molecule has 0 aliphatic heterocycles. The van der Waals surface area contributed by atoms with E-state index in [0.717, 1.165) is 50.3 Å². The van der Waals surface area contributed by atoms with Gasteiger partial charge in [0.25, 0.3) is 0 Å². The number of furan rings is 2. The molecule has 73 heavy (non-hydrogen) atoms. The third-order valence-electron chi connectivity index (χ3n) is 17.3. The molecule has 3 aliphatic rings. The van der Waals surface area contributed by atoms with Crippen molar-refractivity contribution < 1.29 is 8.83 Å². The number of fused-ring (bicyclic) bond motifs is 19. The minimum atomic E-state index is -0.344. The molecule has 0 saturated carbocycles. The van der Waals surface area contributed by atoms with Crippen LogP contribution in [0.4, 0.5) is 17.1 Å². The topological polar surface area (TPSA) is 29.5 Å². The van der Waals surface area contributed by atoms with Gasteiger partial charge in [-0.05, 0) is 145 Å². The first kappa shape index (κ1) is 42.3. The quantitative estimate of drug-likeness (QED) is 0.172. The molecule has 3 aliphatic carbocycles. The zero-order valence-corrected chi connectivity index (χ0v) is 42.2. The Morgan fingerprint density at radius 1 is 0.342 bits per heavy atom. The van der Waals surface area contributed by atoms with E-state index in [2.05, 4.69) is 247 Å². The highest BCUT2D eigenvalue weighted by Gasteiger charge is 2.49. The first-order valence-corrected chi connectivity index (χ1v) is 25.8. The van der Waals surface area contributed by atoms with Gasteiger partial charge in [0, 0.05) is 66.0 Å². The van der Waals surface area contributed by atoms with Crippen molar-refractivity contribution in [1.29, 1.82) is 0 Å². The summed E-state index contributed by atoms with van der Waals surface area (Å²) in [5, 5.41) is 4.72. The molecule has 350 valence electrons. The van der Waals surface area contributed by atoms with Gasteiger partial charge < -0.3 is 13.7 Å². The molecule has 0 saturated heterocycles. The number of anilines is 3. The third kappa shape index (κ3) is 5.60. The van der Waals surface area contributed by atoms with Crippen LogP contribution in [0.15, 0.2) is 203 Å². The first-order valence-electron chi connectivity index (χ1n) is 25.8. The van der Waals surface area contributed by atoms with Gasteiger partial charge in [0.1, 0.15) is 22.3 Å². The molecule has 0 unspecified atom stereocenters. The molecule has 2 heterocycles. The average Bonchev–Trinajstić information content (AvgIpc) is 4.16. The summed E-state index contributed by atoms with van der Waals surface area (Å²) >= 11 is 0. The SMILES string of the molecule is Cc1ccccc1-c1cc2c(c3c1oc1ccccc13)-c1ccc(N(c3cccc(-c4ccccc4)c3)c3ccc4c(c3)C(C)(C)c3c5c(c6oc7ccccc7c6c3-4)-c3ccccc3C5(C)C)cc1C2(C)C. The average molecular weight is 940 g/mol. The molecule has 0 bridgehead atoms. The molecule has 0 amide bonds. The highest BCUT2D eigenvalue weighted by atomic mass is 16.3. The number of hydrogen-bond acceptors (Lipinski definition) is 3. The largest absolute Gasteiger partial charge is 0.455 e. The summed E-state index contributed by atoms with van der Waals surface area (Å²) in [5.74, 6) is 0. The predicted octanol–water partition coefficient (Wildman–Crippen LogP) is 19.5. The number of aryl methyl sites for hydroxylation is 1. The van der Waals surface area contributed by atoms with Gasteiger partial charge in [-0.3, -0.25) is 0 Å². The summed E-state index contributed by atoms with van der Waals surface area (Å²) < 4.78 is 13.9. The maximum absolute atomic E-state index is 7.02. The Bertz CT molecular complexity index is 4370. The fourth-order valence-electron chi connectivity index (χ4n) is 13.9. The van der Waals surface area contributed by atoms with Crippen molar-refractivity contribution in [2.24, 2.45) is 0 Å². The standard InChI is InChI=1S/C70H53NO2/c1-40-20-11-12-25-46(40)52-39-56-59(61-50-27-14-17-30-57(50)72-66(52)61)48-34-32-44(37-54(48)68(56,2)3)71(43-24-19-23-42(36-43)41-21-9-8-10-22-41)45-33-35-49-55(38-45)70(6,7)64-60(49)62-51-28-15-18-31-58(51)73-67(62)63-47-26-13-16-29-53(47)69(4,5)65(63)64/h8-39H,1-7H3. The van der Waals surface area contributed by atoms with E-state index in [0.29, 0.717) is 0 Å². The molecule has 15 rings (SSSR count). The molecule has 0 spiro atoms. The van der Waals surface area contributed by atoms with Gasteiger partial charge in [0.05, 0.1) is 0 Å². The fourth-order valence-corrected chi connectivity index (χ4v) is 13.9. The van der Waals surface area contributed by atoms with Crippen molar-refractivity contribution in [3.63, 3.8) is 0 Å². The minimum absolute atomic E-state index is 0.237. The van der Waals surface area contributed by atoms with Crippen LogP contribution in [0.5, 0.6) is 0 Å². The van der Waals surface area contributed by atoms with Crippen molar-refractivity contribution in [2.45, 2.75) is 64.7 Å². The Hall–Kier alpha value is -8.40. The van der Waals surface area contributed by atoms with Crippen LogP contribution in [-0.2, 0) is 16.2 Å². The van der Waals surface area contributed by atoms with Crippen molar-refractivity contribution in [2.75, 3.05) is 4.90 Å². The van der Waals surface area contributed by atoms with Crippen molar-refractivity contribution in [3.8, 4) is 55.6 Å². The third-order valence-corrected chi connectivity index (χ3v) is 17.3. The van der Waals surface area contributed by atoms with Gasteiger partial charge in [-0.1, -0.05) is 181 Å². The van der Waals surface area contributed by atoms with Gasteiger partial charge >= 0.3 is 0 Å². The van der Waals surface area contributed by atoms with Gasteiger partial charge in [0.15, 0.2) is 0 Å². The molecule has 0 fully saturated rings. The summed E-state index contributed by atoms with van der Waals surface area (Å²) in [6, 6.07) is 71.6. The normalized spacial score (nSPS) is 15.1. The van der Waals surface area contributed by atoms with Crippen LogP contribution in [0.1, 0.15) is 80.5 Å². The van der Waals surface area contributed by atoms with Crippen LogP contribution in [-0.4, -0.2) is 0 Å². The Morgan fingerprint density at radius 2 is 0.863 bits per heavy atom. The molecule has 0 atom stereocenters. The predicted molar refractivity (Wildman–Crippen MR) is 304 cm³/mol. The molecule has 0 N–H and O–H groups in total.